The van der Waals surface area contributed by atoms with E-state index < -0.39 is 10.0 Å². The molecule has 1 fully saturated rings. The number of nitrogens with one attached hydrogen (secondary N) is 1. The summed E-state index contributed by atoms with van der Waals surface area (Å²) in [5.41, 5.74) is 0.994. The van der Waals surface area contributed by atoms with Crippen molar-refractivity contribution in [1.82, 2.24) is 5.32 Å². The van der Waals surface area contributed by atoms with Crippen molar-refractivity contribution >= 4 is 21.6 Å². The summed E-state index contributed by atoms with van der Waals surface area (Å²) in [6.45, 7) is 0. The summed E-state index contributed by atoms with van der Waals surface area (Å²) in [6.07, 6.45) is 7.97. The first-order chi connectivity index (χ1) is 10.4. The van der Waals surface area contributed by atoms with Crippen LogP contribution in [0.25, 0.3) is 0 Å². The van der Waals surface area contributed by atoms with Gasteiger partial charge in [0.15, 0.2) is 0 Å². The molecule has 0 unspecified atom stereocenters. The Morgan fingerprint density at radius 3 is 2.41 bits per heavy atom. The number of carbonyl (C=O) groups is 1. The molecule has 1 saturated carbocycles. The highest BCUT2D eigenvalue weighted by atomic mass is 32.2. The number of anilines is 1. The Bertz CT molecular complexity index is 620. The van der Waals surface area contributed by atoms with Gasteiger partial charge < -0.3 is 5.32 Å². The van der Waals surface area contributed by atoms with Crippen LogP contribution >= 0.6 is 0 Å². The third kappa shape index (κ3) is 4.47. The summed E-state index contributed by atoms with van der Waals surface area (Å²) >= 11 is 0. The Kier molecular flexibility index (Phi) is 5.45. The second-order valence-electron chi connectivity index (χ2n) is 5.94. The van der Waals surface area contributed by atoms with Gasteiger partial charge in [-0.25, -0.2) is 8.42 Å². The van der Waals surface area contributed by atoms with Gasteiger partial charge in [-0.3, -0.25) is 9.10 Å². The van der Waals surface area contributed by atoms with Crippen LogP contribution in [-0.2, 0) is 10.0 Å². The van der Waals surface area contributed by atoms with Gasteiger partial charge in [0.2, 0.25) is 10.0 Å². The fourth-order valence-electron chi connectivity index (χ4n) is 2.73. The summed E-state index contributed by atoms with van der Waals surface area (Å²) in [6, 6.07) is 6.95. The minimum atomic E-state index is -3.33. The predicted octanol–water partition coefficient (Wildman–Crippen LogP) is 2.54. The number of amides is 1. The van der Waals surface area contributed by atoms with E-state index >= 15 is 0 Å². The lowest BCUT2D eigenvalue weighted by Crippen LogP contribution is -2.34. The van der Waals surface area contributed by atoms with Crippen LogP contribution < -0.4 is 9.62 Å². The molecule has 1 N–H and O–H groups in total. The molecule has 1 aromatic rings. The second-order valence-corrected chi connectivity index (χ2v) is 7.96. The lowest BCUT2D eigenvalue weighted by Gasteiger charge is -2.19. The second kappa shape index (κ2) is 7.13. The Morgan fingerprint density at radius 2 is 1.82 bits per heavy atom. The summed E-state index contributed by atoms with van der Waals surface area (Å²) in [7, 11) is -1.84. The number of sulfonamides is 1. The average Bonchev–Trinajstić information content (AvgIpc) is 2.74. The number of carbonyl (C=O) groups excluding carboxylic acids is 1. The van der Waals surface area contributed by atoms with E-state index in [9.17, 15) is 13.2 Å². The lowest BCUT2D eigenvalue weighted by molar-refractivity contribution is 0.0933. The summed E-state index contributed by atoms with van der Waals surface area (Å²) in [4.78, 5) is 12.4. The first-order valence-electron chi connectivity index (χ1n) is 7.73. The van der Waals surface area contributed by atoms with Crippen molar-refractivity contribution in [2.75, 3.05) is 17.6 Å². The SMILES string of the molecule is CN(c1cccc(C(=O)NC2CCCCCC2)c1)S(C)(=O)=O. The molecule has 0 bridgehead atoms. The highest BCUT2D eigenvalue weighted by Crippen LogP contribution is 2.20. The smallest absolute Gasteiger partial charge is 0.251 e. The summed E-state index contributed by atoms with van der Waals surface area (Å²) in [5.74, 6) is -0.129. The van der Waals surface area contributed by atoms with E-state index in [0.717, 1.165) is 31.9 Å². The monoisotopic (exact) mass is 324 g/mol. The van der Waals surface area contributed by atoms with Crippen molar-refractivity contribution in [1.29, 1.82) is 0 Å². The molecule has 0 heterocycles. The minimum absolute atomic E-state index is 0.129. The van der Waals surface area contributed by atoms with Gasteiger partial charge in [0, 0.05) is 18.7 Å². The van der Waals surface area contributed by atoms with Crippen LogP contribution in [0.1, 0.15) is 48.9 Å². The van der Waals surface area contributed by atoms with E-state index in [-0.39, 0.29) is 11.9 Å². The zero-order valence-corrected chi connectivity index (χ0v) is 14.0. The van der Waals surface area contributed by atoms with Gasteiger partial charge in [-0.15, -0.1) is 0 Å². The molecule has 0 saturated heterocycles. The molecule has 0 aromatic heterocycles. The van der Waals surface area contributed by atoms with Gasteiger partial charge in [-0.1, -0.05) is 31.7 Å². The molecular formula is C16H24N2O3S. The lowest BCUT2D eigenvalue weighted by atomic mass is 10.1. The zero-order valence-electron chi connectivity index (χ0n) is 13.2. The van der Waals surface area contributed by atoms with Gasteiger partial charge in [0.05, 0.1) is 11.9 Å². The molecule has 5 nitrogen and oxygen atoms in total. The normalized spacial score (nSPS) is 16.8. The first kappa shape index (κ1) is 16.8. The molecule has 1 aliphatic rings. The van der Waals surface area contributed by atoms with Crippen LogP contribution in [0.5, 0.6) is 0 Å². The summed E-state index contributed by atoms with van der Waals surface area (Å²) in [5, 5.41) is 3.07. The van der Waals surface area contributed by atoms with E-state index in [4.69, 9.17) is 0 Å². The standard InChI is InChI=1S/C16H24N2O3S/c1-18(22(2,20)21)15-11-7-8-13(12-15)16(19)17-14-9-5-3-4-6-10-14/h7-8,11-12,14H,3-6,9-10H2,1-2H3,(H,17,19). The minimum Gasteiger partial charge on any atom is -0.349 e. The molecule has 6 heteroatoms. The molecule has 0 aliphatic heterocycles. The topological polar surface area (TPSA) is 66.5 Å². The highest BCUT2D eigenvalue weighted by molar-refractivity contribution is 7.92. The third-order valence-corrected chi connectivity index (χ3v) is 5.37. The molecule has 0 radical (unpaired) electrons. The van der Waals surface area contributed by atoms with Gasteiger partial charge in [-0.05, 0) is 31.0 Å². The molecule has 0 atom stereocenters. The van der Waals surface area contributed by atoms with Crippen molar-refractivity contribution in [3.05, 3.63) is 29.8 Å². The number of hydrogen-bond donors (Lipinski definition) is 1. The molecule has 2 rings (SSSR count). The van der Waals surface area contributed by atoms with Gasteiger partial charge in [0.25, 0.3) is 5.91 Å². The maximum atomic E-state index is 12.4. The van der Waals surface area contributed by atoms with Gasteiger partial charge in [0.1, 0.15) is 0 Å². The van der Waals surface area contributed by atoms with Crippen molar-refractivity contribution in [3.8, 4) is 0 Å². The van der Waals surface area contributed by atoms with Crippen molar-refractivity contribution in [3.63, 3.8) is 0 Å². The number of nitrogens with zero attached hydrogens (tertiary/aromatic N) is 1. The van der Waals surface area contributed by atoms with Crippen LogP contribution in [0.15, 0.2) is 24.3 Å². The quantitative estimate of drug-likeness (QED) is 0.866. The molecule has 122 valence electrons. The molecular weight excluding hydrogens is 300 g/mol. The zero-order chi connectivity index (χ0) is 16.2. The highest BCUT2D eigenvalue weighted by Gasteiger charge is 2.17. The Morgan fingerprint density at radius 1 is 1.18 bits per heavy atom. The van der Waals surface area contributed by atoms with E-state index in [1.54, 1.807) is 24.3 Å². The van der Waals surface area contributed by atoms with E-state index in [1.807, 2.05) is 0 Å². The van der Waals surface area contributed by atoms with E-state index in [1.165, 1.54) is 24.2 Å². The van der Waals surface area contributed by atoms with E-state index in [2.05, 4.69) is 5.32 Å². The Labute approximate surface area is 132 Å². The number of benzene rings is 1. The third-order valence-electron chi connectivity index (χ3n) is 4.16. The fourth-order valence-corrected chi connectivity index (χ4v) is 3.22. The van der Waals surface area contributed by atoms with Gasteiger partial charge >= 0.3 is 0 Å². The summed E-state index contributed by atoms with van der Waals surface area (Å²) < 4.78 is 24.4. The van der Waals surface area contributed by atoms with Crippen LogP contribution in [0.4, 0.5) is 5.69 Å². The number of hydrogen-bond acceptors (Lipinski definition) is 3. The average molecular weight is 324 g/mol. The van der Waals surface area contributed by atoms with Crippen LogP contribution in [0.2, 0.25) is 0 Å². The van der Waals surface area contributed by atoms with Crippen molar-refractivity contribution < 1.29 is 13.2 Å². The molecule has 1 aliphatic carbocycles. The maximum absolute atomic E-state index is 12.4. The van der Waals surface area contributed by atoms with Gasteiger partial charge in [-0.2, -0.15) is 0 Å². The maximum Gasteiger partial charge on any atom is 0.251 e. The van der Waals surface area contributed by atoms with Crippen LogP contribution in [0.3, 0.4) is 0 Å². The molecule has 1 amide bonds. The van der Waals surface area contributed by atoms with Crippen molar-refractivity contribution in [2.45, 2.75) is 44.6 Å². The van der Waals surface area contributed by atoms with Crippen LogP contribution in [-0.4, -0.2) is 33.7 Å². The van der Waals surface area contributed by atoms with Crippen LogP contribution in [0, 0.1) is 0 Å². The Balaban J connectivity index is 2.10. The number of rotatable bonds is 4. The first-order valence-corrected chi connectivity index (χ1v) is 9.57. The Hall–Kier alpha value is -1.56. The van der Waals surface area contributed by atoms with E-state index in [0.29, 0.717) is 11.3 Å². The molecule has 0 spiro atoms. The molecule has 1 aromatic carbocycles. The largest absolute Gasteiger partial charge is 0.349 e. The molecule has 22 heavy (non-hydrogen) atoms. The fraction of sp³-hybridized carbons (Fsp3) is 0.562. The predicted molar refractivity (Wildman–Crippen MR) is 88.6 cm³/mol. The van der Waals surface area contributed by atoms with Crippen molar-refractivity contribution in [2.24, 2.45) is 0 Å².